The van der Waals surface area contributed by atoms with Crippen LogP contribution in [-0.4, -0.2) is 19.3 Å². The van der Waals surface area contributed by atoms with Gasteiger partial charge in [-0.3, -0.25) is 4.57 Å². The van der Waals surface area contributed by atoms with Crippen molar-refractivity contribution in [2.45, 2.75) is 92.4 Å². The van der Waals surface area contributed by atoms with Gasteiger partial charge in [-0.05, 0) is 96.5 Å². The van der Waals surface area contributed by atoms with E-state index >= 15 is 0 Å². The molecule has 8 rings (SSSR count). The molecule has 0 spiro atoms. The van der Waals surface area contributed by atoms with E-state index in [9.17, 15) is 0 Å². The van der Waals surface area contributed by atoms with Crippen LogP contribution in [0.1, 0.15) is 97.0 Å². The summed E-state index contributed by atoms with van der Waals surface area (Å²) < 4.78 is 11.4. The Morgan fingerprint density at radius 2 is 1.40 bits per heavy atom. The van der Waals surface area contributed by atoms with Gasteiger partial charge in [-0.15, -0.1) is 0 Å². The van der Waals surface area contributed by atoms with Crippen molar-refractivity contribution < 1.29 is 4.74 Å². The predicted molar refractivity (Wildman–Crippen MR) is 229 cm³/mol. The highest BCUT2D eigenvalue weighted by molar-refractivity contribution is 6.09. The zero-order valence-electron chi connectivity index (χ0n) is 34.1. The molecule has 0 radical (unpaired) electrons. The average molecular weight is 727 g/mol. The maximum absolute atomic E-state index is 6.91. The van der Waals surface area contributed by atoms with Gasteiger partial charge in [0, 0.05) is 46.1 Å². The van der Waals surface area contributed by atoms with Crippen LogP contribution in [0.2, 0.25) is 0 Å². The molecular weight excluding hydrogens is 673 g/mol. The Hall–Kier alpha value is -5.42. The molecule has 3 aromatic heterocycles. The molecule has 0 saturated heterocycles. The van der Waals surface area contributed by atoms with Crippen LogP contribution in [0.25, 0.3) is 44.6 Å². The standard InChI is InChI=1S/C50H54N4O/c1-31-24-32(2)46(33(3)25-31)47-34(4)52-54(48(47)35-16-12-11-13-17-35)38-26-37(50(8,9)10)27-40(29-38)55-39-20-21-42-41-18-14-15-19-43(41)53(44(42)30-39)45-28-36(22-23-51-45)49(5,6)7/h11-24,26-31,33,46H,25H2,1-10H3/t31-,33-,46-/m0/s1. The number of para-hydroxylation sites is 1. The van der Waals surface area contributed by atoms with Crippen LogP contribution >= 0.6 is 0 Å². The number of fused-ring (bicyclic) bond motifs is 3. The summed E-state index contributed by atoms with van der Waals surface area (Å²) in [6, 6.07) is 36.8. The molecule has 7 aromatic rings. The molecule has 280 valence electrons. The number of allylic oxidation sites excluding steroid dienone is 2. The monoisotopic (exact) mass is 726 g/mol. The van der Waals surface area contributed by atoms with Crippen molar-refractivity contribution in [2.75, 3.05) is 0 Å². The third-order valence-electron chi connectivity index (χ3n) is 11.5. The van der Waals surface area contributed by atoms with Gasteiger partial charge in [-0.25, -0.2) is 9.67 Å². The first-order valence-electron chi connectivity index (χ1n) is 19.8. The van der Waals surface area contributed by atoms with Crippen LogP contribution < -0.4 is 4.74 Å². The van der Waals surface area contributed by atoms with Gasteiger partial charge < -0.3 is 4.74 Å². The SMILES string of the molecule is CC1=C[C@H](C)C[C@H](C)[C@H]1c1c(C)nn(-c2cc(Oc3ccc4c5ccccc5n(-c5cc(C(C)(C)C)ccn5)c4c3)cc(C(C)(C)C)c2)c1-c1ccccc1. The Morgan fingerprint density at radius 1 is 0.691 bits per heavy atom. The lowest BCUT2D eigenvalue weighted by Crippen LogP contribution is -2.20. The molecule has 55 heavy (non-hydrogen) atoms. The van der Waals surface area contributed by atoms with Crippen molar-refractivity contribution in [3.8, 4) is 34.3 Å². The molecule has 0 amide bonds. The fraction of sp³-hybridized carbons (Fsp3) is 0.320. The van der Waals surface area contributed by atoms with Crippen LogP contribution in [0.3, 0.4) is 0 Å². The van der Waals surface area contributed by atoms with Gasteiger partial charge in [-0.1, -0.05) is 116 Å². The molecule has 0 saturated carbocycles. The number of hydrogen-bond acceptors (Lipinski definition) is 3. The maximum Gasteiger partial charge on any atom is 0.137 e. The summed E-state index contributed by atoms with van der Waals surface area (Å²) in [5.41, 5.74) is 11.6. The molecule has 1 aliphatic carbocycles. The molecule has 1 aliphatic rings. The van der Waals surface area contributed by atoms with Crippen molar-refractivity contribution in [1.29, 1.82) is 0 Å². The minimum atomic E-state index is -0.125. The van der Waals surface area contributed by atoms with Crippen molar-refractivity contribution in [3.05, 3.63) is 143 Å². The molecule has 5 nitrogen and oxygen atoms in total. The molecule has 0 N–H and O–H groups in total. The van der Waals surface area contributed by atoms with Crippen LogP contribution in [0.15, 0.2) is 121 Å². The number of rotatable bonds is 6. The molecule has 0 fully saturated rings. The Bertz CT molecular complexity index is 2570. The summed E-state index contributed by atoms with van der Waals surface area (Å²) in [4.78, 5) is 4.89. The minimum Gasteiger partial charge on any atom is -0.457 e. The maximum atomic E-state index is 6.91. The molecule has 0 unspecified atom stereocenters. The lowest BCUT2D eigenvalue weighted by Gasteiger charge is -2.32. The van der Waals surface area contributed by atoms with E-state index in [-0.39, 0.29) is 10.8 Å². The first kappa shape index (κ1) is 36.6. The smallest absolute Gasteiger partial charge is 0.137 e. The van der Waals surface area contributed by atoms with E-state index in [0.29, 0.717) is 17.8 Å². The number of aromatic nitrogens is 4. The fourth-order valence-corrected chi connectivity index (χ4v) is 8.88. The second kappa shape index (κ2) is 13.7. The van der Waals surface area contributed by atoms with E-state index in [1.165, 1.54) is 39.6 Å². The number of ether oxygens (including phenoxy) is 1. The number of aryl methyl sites for hydroxylation is 1. The van der Waals surface area contributed by atoms with Gasteiger partial charge in [0.2, 0.25) is 0 Å². The second-order valence-corrected chi connectivity index (χ2v) is 18.0. The summed E-state index contributed by atoms with van der Waals surface area (Å²) in [5, 5.41) is 7.70. The first-order valence-corrected chi connectivity index (χ1v) is 19.8. The highest BCUT2D eigenvalue weighted by atomic mass is 16.5. The van der Waals surface area contributed by atoms with Crippen LogP contribution in [0.4, 0.5) is 0 Å². The van der Waals surface area contributed by atoms with E-state index in [1.54, 1.807) is 0 Å². The summed E-state index contributed by atoms with van der Waals surface area (Å²) in [7, 11) is 0. The molecular formula is C50H54N4O. The van der Waals surface area contributed by atoms with Gasteiger partial charge in [0.1, 0.15) is 17.3 Å². The normalized spacial score (nSPS) is 17.9. The quantitative estimate of drug-likeness (QED) is 0.160. The van der Waals surface area contributed by atoms with Crippen molar-refractivity contribution in [3.63, 3.8) is 0 Å². The summed E-state index contributed by atoms with van der Waals surface area (Å²) in [6.45, 7) is 22.7. The Balaban J connectivity index is 1.29. The lowest BCUT2D eigenvalue weighted by molar-refractivity contribution is 0.391. The van der Waals surface area contributed by atoms with E-state index in [0.717, 1.165) is 50.8 Å². The molecule has 4 aromatic carbocycles. The Kier molecular flexibility index (Phi) is 9.11. The first-order chi connectivity index (χ1) is 26.2. The zero-order valence-corrected chi connectivity index (χ0v) is 34.1. The number of nitrogens with zero attached hydrogens (tertiary/aromatic N) is 4. The van der Waals surface area contributed by atoms with Crippen molar-refractivity contribution >= 4 is 21.8 Å². The third-order valence-corrected chi connectivity index (χ3v) is 11.5. The summed E-state index contributed by atoms with van der Waals surface area (Å²) in [6.07, 6.45) is 5.56. The highest BCUT2D eigenvalue weighted by Crippen LogP contribution is 2.46. The van der Waals surface area contributed by atoms with Crippen LogP contribution in [0.5, 0.6) is 11.5 Å². The van der Waals surface area contributed by atoms with Gasteiger partial charge >= 0.3 is 0 Å². The topological polar surface area (TPSA) is 44.9 Å². The largest absolute Gasteiger partial charge is 0.457 e. The predicted octanol–water partition coefficient (Wildman–Crippen LogP) is 13.4. The van der Waals surface area contributed by atoms with Crippen LogP contribution in [0, 0.1) is 18.8 Å². The summed E-state index contributed by atoms with van der Waals surface area (Å²) in [5.74, 6) is 3.84. The Morgan fingerprint density at radius 3 is 2.13 bits per heavy atom. The second-order valence-electron chi connectivity index (χ2n) is 18.0. The number of pyridine rings is 1. The summed E-state index contributed by atoms with van der Waals surface area (Å²) >= 11 is 0. The highest BCUT2D eigenvalue weighted by Gasteiger charge is 2.33. The van der Waals surface area contributed by atoms with Crippen molar-refractivity contribution in [2.24, 2.45) is 11.8 Å². The molecule has 0 bridgehead atoms. The fourth-order valence-electron chi connectivity index (χ4n) is 8.88. The van der Waals surface area contributed by atoms with E-state index < -0.39 is 0 Å². The molecule has 0 aliphatic heterocycles. The van der Waals surface area contributed by atoms with E-state index in [2.05, 4.69) is 188 Å². The van der Waals surface area contributed by atoms with Crippen LogP contribution in [-0.2, 0) is 10.8 Å². The van der Waals surface area contributed by atoms with Gasteiger partial charge in [0.05, 0.1) is 28.1 Å². The van der Waals surface area contributed by atoms with E-state index in [4.69, 9.17) is 14.8 Å². The molecule has 3 atom stereocenters. The van der Waals surface area contributed by atoms with Gasteiger partial charge in [0.25, 0.3) is 0 Å². The lowest BCUT2D eigenvalue weighted by atomic mass is 9.72. The van der Waals surface area contributed by atoms with E-state index in [1.807, 2.05) is 6.20 Å². The third kappa shape index (κ3) is 6.79. The minimum absolute atomic E-state index is 0.00247. The number of benzene rings is 4. The number of hydrogen-bond donors (Lipinski definition) is 0. The molecule has 3 heterocycles. The van der Waals surface area contributed by atoms with Gasteiger partial charge in [0.15, 0.2) is 0 Å². The zero-order chi connectivity index (χ0) is 38.8. The molecule has 5 heteroatoms. The average Bonchev–Trinajstić information content (AvgIpc) is 3.65. The Labute approximate surface area is 326 Å². The van der Waals surface area contributed by atoms with Gasteiger partial charge in [-0.2, -0.15) is 5.10 Å². The van der Waals surface area contributed by atoms with Crippen molar-refractivity contribution in [1.82, 2.24) is 19.3 Å².